The number of carboxylic acids is 1. The lowest BCUT2D eigenvalue weighted by Gasteiger charge is -2.32. The molecule has 0 bridgehead atoms. The van der Waals surface area contributed by atoms with Crippen molar-refractivity contribution in [2.75, 3.05) is 26.2 Å². The summed E-state index contributed by atoms with van der Waals surface area (Å²) < 4.78 is 11.7. The first-order chi connectivity index (χ1) is 17.6. The third-order valence-corrected chi connectivity index (χ3v) is 5.95. The van der Waals surface area contributed by atoms with Gasteiger partial charge in [0, 0.05) is 49.0 Å². The zero-order valence-corrected chi connectivity index (χ0v) is 20.6. The van der Waals surface area contributed by atoms with E-state index >= 15 is 0 Å². The number of nitrogen functional groups attached to an aromatic ring is 1. The third kappa shape index (κ3) is 7.79. The Morgan fingerprint density at radius 3 is 2.32 bits per heavy atom. The highest BCUT2D eigenvalue weighted by Gasteiger charge is 2.21. The molecular weight excluding hydrogens is 478 g/mol. The normalized spacial score (nSPS) is 13.5. The molecule has 0 spiro atoms. The Bertz CT molecular complexity index is 1170. The summed E-state index contributed by atoms with van der Waals surface area (Å²) in [6.45, 7) is 3.57. The van der Waals surface area contributed by atoms with Gasteiger partial charge in [-0.2, -0.15) is 0 Å². The number of nitrogens with zero attached hydrogens (tertiary/aromatic N) is 1. The molecular formula is C26H31N5O6. The molecule has 196 valence electrons. The molecule has 11 nitrogen and oxygen atoms in total. The Kier molecular flexibility index (Phi) is 9.20. The van der Waals surface area contributed by atoms with Gasteiger partial charge in [0.1, 0.15) is 30.0 Å². The van der Waals surface area contributed by atoms with E-state index in [1.807, 2.05) is 4.90 Å². The zero-order valence-electron chi connectivity index (χ0n) is 20.6. The molecule has 0 unspecified atom stereocenters. The number of aliphatic carboxylic acids is 1. The van der Waals surface area contributed by atoms with Crippen LogP contribution in [0.25, 0.3) is 0 Å². The summed E-state index contributed by atoms with van der Waals surface area (Å²) >= 11 is 0. The number of amidine groups is 2. The Morgan fingerprint density at radius 2 is 1.73 bits per heavy atom. The van der Waals surface area contributed by atoms with Gasteiger partial charge >= 0.3 is 5.97 Å². The number of Topliss-reactive ketones (excluding diaryl/α,β-unsaturated/α-hetero) is 1. The fourth-order valence-corrected chi connectivity index (χ4v) is 3.87. The quantitative estimate of drug-likeness (QED) is 0.132. The van der Waals surface area contributed by atoms with Gasteiger partial charge in [0.2, 0.25) is 5.78 Å². The molecule has 1 amide bonds. The highest BCUT2D eigenvalue weighted by molar-refractivity contribution is 6.33. The van der Waals surface area contributed by atoms with Gasteiger partial charge < -0.3 is 30.5 Å². The lowest BCUT2D eigenvalue weighted by Crippen LogP contribution is -2.40. The van der Waals surface area contributed by atoms with Crippen molar-refractivity contribution in [3.05, 3.63) is 59.2 Å². The maximum absolute atomic E-state index is 12.5. The van der Waals surface area contributed by atoms with Gasteiger partial charge in [-0.05, 0) is 37.3 Å². The molecule has 1 heterocycles. The summed E-state index contributed by atoms with van der Waals surface area (Å²) in [4.78, 5) is 37.1. The number of carboxylic acid groups (broad SMARTS) is 1. The topological polar surface area (TPSA) is 179 Å². The molecule has 1 aliphatic heterocycles. The summed E-state index contributed by atoms with van der Waals surface area (Å²) in [5, 5.41) is 26.9. The van der Waals surface area contributed by atoms with Crippen LogP contribution in [0.3, 0.4) is 0 Å². The third-order valence-electron chi connectivity index (χ3n) is 5.95. The zero-order chi connectivity index (χ0) is 26.9. The minimum atomic E-state index is -1.55. The molecule has 11 heteroatoms. The molecule has 0 atom stereocenters. The second-order valence-electron chi connectivity index (χ2n) is 8.66. The molecule has 2 aromatic carbocycles. The predicted molar refractivity (Wildman–Crippen MR) is 137 cm³/mol. The van der Waals surface area contributed by atoms with Crippen LogP contribution < -0.4 is 20.5 Å². The fourth-order valence-electron chi connectivity index (χ4n) is 3.87. The number of piperidine rings is 1. The van der Waals surface area contributed by atoms with Crippen LogP contribution in [-0.4, -0.2) is 71.7 Å². The summed E-state index contributed by atoms with van der Waals surface area (Å²) in [6.07, 6.45) is 1.37. The van der Waals surface area contributed by atoms with Gasteiger partial charge in [0.15, 0.2) is 0 Å². The smallest absolute Gasteiger partial charge is 0.372 e. The molecule has 1 fully saturated rings. The number of carbonyl (C=O) groups excluding carboxylic acids is 2. The number of ether oxygens (including phenoxy) is 2. The summed E-state index contributed by atoms with van der Waals surface area (Å²) in [6, 6.07) is 11.3. The maximum Gasteiger partial charge on any atom is 0.372 e. The fraction of sp³-hybridized carbons (Fsp3) is 0.346. The van der Waals surface area contributed by atoms with Gasteiger partial charge in [-0.15, -0.1) is 0 Å². The van der Waals surface area contributed by atoms with Crippen molar-refractivity contribution in [2.45, 2.75) is 32.3 Å². The second kappa shape index (κ2) is 12.5. The molecule has 0 aliphatic carbocycles. The SMILES string of the molecule is CC(=N)N1CCC(Oc2ccc(C(=O)NCCOc3cc(C(=N)N)ccc3CC(=O)C(=O)O)cc2)CC1. The van der Waals surface area contributed by atoms with E-state index in [4.69, 9.17) is 31.1 Å². The maximum atomic E-state index is 12.5. The number of hydrogen-bond donors (Lipinski definition) is 5. The van der Waals surface area contributed by atoms with Crippen molar-refractivity contribution in [1.29, 1.82) is 10.8 Å². The molecule has 0 radical (unpaired) electrons. The van der Waals surface area contributed by atoms with Crippen LogP contribution in [0.15, 0.2) is 42.5 Å². The lowest BCUT2D eigenvalue weighted by atomic mass is 10.0. The van der Waals surface area contributed by atoms with Crippen molar-refractivity contribution in [3.63, 3.8) is 0 Å². The van der Waals surface area contributed by atoms with Gasteiger partial charge in [-0.3, -0.25) is 20.4 Å². The molecule has 1 saturated heterocycles. The van der Waals surface area contributed by atoms with Crippen molar-refractivity contribution in [3.8, 4) is 11.5 Å². The molecule has 6 N–H and O–H groups in total. The molecule has 0 aromatic heterocycles. The lowest BCUT2D eigenvalue weighted by molar-refractivity contribution is -0.148. The number of benzene rings is 2. The van der Waals surface area contributed by atoms with Crippen LogP contribution in [-0.2, 0) is 16.0 Å². The van der Waals surface area contributed by atoms with E-state index in [-0.39, 0.29) is 43.2 Å². The van der Waals surface area contributed by atoms with E-state index in [1.54, 1.807) is 31.2 Å². The Morgan fingerprint density at radius 1 is 1.08 bits per heavy atom. The first kappa shape index (κ1) is 27.2. The van der Waals surface area contributed by atoms with E-state index in [1.165, 1.54) is 18.2 Å². The number of hydrogen-bond acceptors (Lipinski definition) is 7. The van der Waals surface area contributed by atoms with Crippen molar-refractivity contribution in [2.24, 2.45) is 5.73 Å². The van der Waals surface area contributed by atoms with E-state index in [9.17, 15) is 14.4 Å². The largest absolute Gasteiger partial charge is 0.491 e. The van der Waals surface area contributed by atoms with E-state index in [0.717, 1.165) is 25.9 Å². The second-order valence-corrected chi connectivity index (χ2v) is 8.66. The van der Waals surface area contributed by atoms with Gasteiger partial charge in [0.05, 0.1) is 12.4 Å². The highest BCUT2D eigenvalue weighted by Crippen LogP contribution is 2.22. The van der Waals surface area contributed by atoms with Crippen LogP contribution in [0.4, 0.5) is 0 Å². The average molecular weight is 510 g/mol. The highest BCUT2D eigenvalue weighted by atomic mass is 16.5. The Balaban J connectivity index is 1.49. The van der Waals surface area contributed by atoms with Crippen molar-refractivity contribution < 1.29 is 29.0 Å². The molecule has 3 rings (SSSR count). The standard InChI is InChI=1S/C26H31N5O6/c1-16(27)31-11-8-21(9-12-31)37-20-6-4-17(5-7-20)25(33)30-10-13-36-23-15-19(24(28)29)3-2-18(23)14-22(32)26(34)35/h2-7,15,21,27H,8-14H2,1H3,(H3,28,29)(H,30,33)(H,34,35). The monoisotopic (exact) mass is 509 g/mol. The van der Waals surface area contributed by atoms with Gasteiger partial charge in [0.25, 0.3) is 5.91 Å². The number of likely N-dealkylation sites (tertiary alicyclic amines) is 1. The van der Waals surface area contributed by atoms with Gasteiger partial charge in [-0.1, -0.05) is 12.1 Å². The number of ketones is 1. The van der Waals surface area contributed by atoms with E-state index in [0.29, 0.717) is 28.3 Å². The summed E-state index contributed by atoms with van der Waals surface area (Å²) in [7, 11) is 0. The van der Waals surface area contributed by atoms with Crippen LogP contribution >= 0.6 is 0 Å². The van der Waals surface area contributed by atoms with Crippen molar-refractivity contribution >= 4 is 29.3 Å². The summed E-state index contributed by atoms with van der Waals surface area (Å²) in [5.41, 5.74) is 6.67. The van der Waals surface area contributed by atoms with Crippen LogP contribution in [0.2, 0.25) is 0 Å². The number of rotatable bonds is 11. The Labute approximate surface area is 214 Å². The average Bonchev–Trinajstić information content (AvgIpc) is 2.87. The van der Waals surface area contributed by atoms with Crippen molar-refractivity contribution in [1.82, 2.24) is 10.2 Å². The molecule has 37 heavy (non-hydrogen) atoms. The van der Waals surface area contributed by atoms with Crippen LogP contribution in [0.1, 0.15) is 41.3 Å². The van der Waals surface area contributed by atoms with E-state index < -0.39 is 11.8 Å². The predicted octanol–water partition coefficient (Wildman–Crippen LogP) is 1.82. The van der Waals surface area contributed by atoms with Crippen LogP contribution in [0, 0.1) is 10.8 Å². The molecule has 1 aliphatic rings. The number of nitrogens with two attached hydrogens (primary N) is 1. The summed E-state index contributed by atoms with van der Waals surface area (Å²) in [5.74, 6) is -1.57. The molecule has 2 aromatic rings. The van der Waals surface area contributed by atoms with Gasteiger partial charge in [-0.25, -0.2) is 4.79 Å². The number of nitrogens with one attached hydrogen (secondary N) is 3. The Hall–Kier alpha value is -4.41. The first-order valence-corrected chi connectivity index (χ1v) is 11.8. The molecule has 0 saturated carbocycles. The number of amides is 1. The first-order valence-electron chi connectivity index (χ1n) is 11.8. The van der Waals surface area contributed by atoms with E-state index in [2.05, 4.69) is 5.32 Å². The minimum absolute atomic E-state index is 0.0521. The minimum Gasteiger partial charge on any atom is -0.491 e. The number of carbonyl (C=O) groups is 3. The van der Waals surface area contributed by atoms with Crippen LogP contribution in [0.5, 0.6) is 11.5 Å².